The lowest BCUT2D eigenvalue weighted by Crippen LogP contribution is -1.87. The van der Waals surface area contributed by atoms with Crippen LogP contribution in [0.3, 0.4) is 0 Å². The molecule has 0 aliphatic carbocycles. The van der Waals surface area contributed by atoms with Crippen molar-refractivity contribution in [3.63, 3.8) is 0 Å². The SMILES string of the molecule is F.O=C1CC=CO1.c1cn[nH]c1. The molecule has 0 spiro atoms. The molecule has 1 aromatic rings. The summed E-state index contributed by atoms with van der Waals surface area (Å²) in [5.41, 5.74) is 0. The Balaban J connectivity index is 0.000000189. The van der Waals surface area contributed by atoms with Crippen LogP contribution in [0.4, 0.5) is 4.70 Å². The summed E-state index contributed by atoms with van der Waals surface area (Å²) in [6.45, 7) is 0. The van der Waals surface area contributed by atoms with E-state index in [0.717, 1.165) is 0 Å². The van der Waals surface area contributed by atoms with Crippen molar-refractivity contribution in [3.05, 3.63) is 30.8 Å². The number of ether oxygens (including phenoxy) is 1. The van der Waals surface area contributed by atoms with Crippen LogP contribution >= 0.6 is 0 Å². The van der Waals surface area contributed by atoms with Crippen molar-refractivity contribution in [2.75, 3.05) is 0 Å². The van der Waals surface area contributed by atoms with Gasteiger partial charge in [0.1, 0.15) is 0 Å². The third-order valence-electron chi connectivity index (χ3n) is 0.986. The molecular formula is C7H9FN2O2. The lowest BCUT2D eigenvalue weighted by Gasteiger charge is -1.78. The molecule has 0 amide bonds. The number of hydrogen-bond acceptors (Lipinski definition) is 3. The van der Waals surface area contributed by atoms with Crippen molar-refractivity contribution in [2.45, 2.75) is 6.42 Å². The first kappa shape index (κ1) is 10.3. The Bertz CT molecular complexity index is 206. The third kappa shape index (κ3) is 4.21. The van der Waals surface area contributed by atoms with E-state index in [-0.39, 0.29) is 10.7 Å². The molecule has 4 nitrogen and oxygen atoms in total. The fraction of sp³-hybridized carbons (Fsp3) is 0.143. The van der Waals surface area contributed by atoms with Crippen LogP contribution in [-0.4, -0.2) is 16.2 Å². The average Bonchev–Trinajstić information content (AvgIpc) is 2.57. The largest absolute Gasteiger partial charge is 0.435 e. The number of nitrogens with zero attached hydrogens (tertiary/aromatic N) is 1. The van der Waals surface area contributed by atoms with Crippen molar-refractivity contribution in [1.82, 2.24) is 10.2 Å². The minimum Gasteiger partial charge on any atom is -0.435 e. The maximum atomic E-state index is 9.96. The van der Waals surface area contributed by atoms with Crippen LogP contribution in [0, 0.1) is 0 Å². The number of hydrogen-bond donors (Lipinski definition) is 1. The molecule has 0 bridgehead atoms. The molecule has 1 aliphatic heterocycles. The molecule has 66 valence electrons. The molecule has 12 heavy (non-hydrogen) atoms. The number of halogens is 1. The molecule has 0 saturated heterocycles. The lowest BCUT2D eigenvalue weighted by molar-refractivity contribution is -0.135. The van der Waals surface area contributed by atoms with E-state index in [9.17, 15) is 4.79 Å². The number of carbonyl (C=O) groups excluding carboxylic acids is 1. The first-order chi connectivity index (χ1) is 5.39. The highest BCUT2D eigenvalue weighted by molar-refractivity contribution is 5.73. The second kappa shape index (κ2) is 6.09. The summed E-state index contributed by atoms with van der Waals surface area (Å²) < 4.78 is 4.33. The van der Waals surface area contributed by atoms with Gasteiger partial charge in [0, 0.05) is 12.4 Å². The van der Waals surface area contributed by atoms with Crippen LogP contribution in [0.25, 0.3) is 0 Å². The molecule has 0 atom stereocenters. The number of carbonyl (C=O) groups is 1. The molecule has 0 fully saturated rings. The predicted octanol–water partition coefficient (Wildman–Crippen LogP) is 1.01. The smallest absolute Gasteiger partial charge is 0.314 e. The topological polar surface area (TPSA) is 55.0 Å². The Kier molecular flexibility index (Phi) is 5.25. The van der Waals surface area contributed by atoms with Gasteiger partial charge in [-0.15, -0.1) is 0 Å². The van der Waals surface area contributed by atoms with Gasteiger partial charge in [0.15, 0.2) is 0 Å². The zero-order valence-corrected chi connectivity index (χ0v) is 6.27. The highest BCUT2D eigenvalue weighted by atomic mass is 19.0. The summed E-state index contributed by atoms with van der Waals surface area (Å²) in [6, 6.07) is 1.83. The molecule has 2 heterocycles. The number of cyclic esters (lactones) is 1. The Labute approximate surface area is 68.6 Å². The quantitative estimate of drug-likeness (QED) is 0.594. The van der Waals surface area contributed by atoms with Crippen molar-refractivity contribution in [3.8, 4) is 0 Å². The van der Waals surface area contributed by atoms with Gasteiger partial charge in [-0.2, -0.15) is 5.10 Å². The average molecular weight is 172 g/mol. The van der Waals surface area contributed by atoms with E-state index in [2.05, 4.69) is 14.9 Å². The summed E-state index contributed by atoms with van der Waals surface area (Å²) in [6.07, 6.45) is 6.99. The van der Waals surface area contributed by atoms with E-state index in [1.165, 1.54) is 6.26 Å². The van der Waals surface area contributed by atoms with Gasteiger partial charge >= 0.3 is 5.97 Å². The monoisotopic (exact) mass is 172 g/mol. The summed E-state index contributed by atoms with van der Waals surface area (Å²) in [5.74, 6) is -0.157. The molecule has 0 aromatic carbocycles. The standard InChI is InChI=1S/C4H4O2.C3H4N2.FH/c5-4-2-1-3-6-4;1-2-4-5-3-1;/h1,3H,2H2;1-3H,(H,4,5);1H. The Hall–Kier alpha value is -1.65. The number of nitrogens with one attached hydrogen (secondary N) is 1. The molecular weight excluding hydrogens is 163 g/mol. The van der Waals surface area contributed by atoms with E-state index in [1.54, 1.807) is 18.5 Å². The predicted molar refractivity (Wildman–Crippen MR) is 40.9 cm³/mol. The minimum atomic E-state index is -0.157. The van der Waals surface area contributed by atoms with E-state index < -0.39 is 0 Å². The Morgan fingerprint density at radius 3 is 2.58 bits per heavy atom. The van der Waals surface area contributed by atoms with Crippen LogP contribution in [0.5, 0.6) is 0 Å². The van der Waals surface area contributed by atoms with Gasteiger partial charge < -0.3 is 4.74 Å². The number of esters is 1. The summed E-state index contributed by atoms with van der Waals surface area (Å²) in [7, 11) is 0. The molecule has 1 aromatic heterocycles. The van der Waals surface area contributed by atoms with Crippen molar-refractivity contribution in [2.24, 2.45) is 0 Å². The Morgan fingerprint density at radius 2 is 2.42 bits per heavy atom. The molecule has 1 N–H and O–H groups in total. The highest BCUT2D eigenvalue weighted by Gasteiger charge is 2.00. The maximum Gasteiger partial charge on any atom is 0.314 e. The van der Waals surface area contributed by atoms with Gasteiger partial charge in [-0.05, 0) is 12.1 Å². The summed E-state index contributed by atoms with van der Waals surface area (Å²) in [4.78, 5) is 9.96. The molecule has 0 unspecified atom stereocenters. The van der Waals surface area contributed by atoms with Crippen LogP contribution in [0.1, 0.15) is 6.42 Å². The lowest BCUT2D eigenvalue weighted by atomic mass is 10.5. The van der Waals surface area contributed by atoms with Gasteiger partial charge in [0.05, 0.1) is 12.7 Å². The van der Waals surface area contributed by atoms with Crippen LogP contribution in [0.2, 0.25) is 0 Å². The fourth-order valence-corrected chi connectivity index (χ4v) is 0.532. The number of H-pyrrole nitrogens is 1. The number of rotatable bonds is 0. The van der Waals surface area contributed by atoms with Crippen LogP contribution in [0.15, 0.2) is 30.8 Å². The second-order valence-corrected chi connectivity index (χ2v) is 1.83. The Morgan fingerprint density at radius 1 is 1.58 bits per heavy atom. The van der Waals surface area contributed by atoms with Gasteiger partial charge in [-0.25, -0.2) is 0 Å². The van der Waals surface area contributed by atoms with E-state index >= 15 is 0 Å². The van der Waals surface area contributed by atoms with Gasteiger partial charge in [-0.3, -0.25) is 14.6 Å². The number of aromatic amines is 1. The van der Waals surface area contributed by atoms with E-state index in [4.69, 9.17) is 0 Å². The summed E-state index contributed by atoms with van der Waals surface area (Å²) in [5, 5.41) is 6.21. The molecule has 0 radical (unpaired) electrons. The van der Waals surface area contributed by atoms with Gasteiger partial charge in [0.25, 0.3) is 0 Å². The summed E-state index contributed by atoms with van der Waals surface area (Å²) >= 11 is 0. The maximum absolute atomic E-state index is 9.96. The zero-order valence-electron chi connectivity index (χ0n) is 6.27. The fourth-order valence-electron chi connectivity index (χ4n) is 0.532. The second-order valence-electron chi connectivity index (χ2n) is 1.83. The molecule has 0 saturated carbocycles. The highest BCUT2D eigenvalue weighted by Crippen LogP contribution is 1.96. The van der Waals surface area contributed by atoms with Crippen LogP contribution < -0.4 is 0 Å². The normalized spacial score (nSPS) is 12.5. The zero-order chi connectivity index (χ0) is 7.94. The third-order valence-corrected chi connectivity index (χ3v) is 0.986. The van der Waals surface area contributed by atoms with Crippen molar-refractivity contribution in [1.29, 1.82) is 0 Å². The van der Waals surface area contributed by atoms with Crippen molar-refractivity contribution >= 4 is 5.97 Å². The first-order valence-corrected chi connectivity index (χ1v) is 3.18. The minimum absolute atomic E-state index is 0. The van der Waals surface area contributed by atoms with E-state index in [1.807, 2.05) is 6.07 Å². The first-order valence-electron chi connectivity index (χ1n) is 3.18. The molecule has 1 aliphatic rings. The number of aromatic nitrogens is 2. The van der Waals surface area contributed by atoms with E-state index in [0.29, 0.717) is 6.42 Å². The van der Waals surface area contributed by atoms with Crippen LogP contribution in [-0.2, 0) is 9.53 Å². The molecule has 2 rings (SSSR count). The van der Waals surface area contributed by atoms with Crippen molar-refractivity contribution < 1.29 is 14.2 Å². The van der Waals surface area contributed by atoms with Gasteiger partial charge in [0.2, 0.25) is 0 Å². The molecule has 5 heteroatoms. The van der Waals surface area contributed by atoms with Gasteiger partial charge in [-0.1, -0.05) is 0 Å².